The average Bonchev–Trinajstić information content (AvgIpc) is 2.98. The van der Waals surface area contributed by atoms with Gasteiger partial charge in [-0.25, -0.2) is 0 Å². The molecule has 0 aliphatic rings. The second-order valence-electron chi connectivity index (χ2n) is 5.04. The van der Waals surface area contributed by atoms with Crippen molar-refractivity contribution in [2.45, 2.75) is 6.54 Å². The largest absolute Gasteiger partial charge is 0.260 e. The number of hydrogen-bond donors (Lipinski definition) is 0. The number of aromatic nitrogens is 2. The maximum atomic E-state index is 4.65. The van der Waals surface area contributed by atoms with E-state index in [1.807, 2.05) is 53.2 Å². The van der Waals surface area contributed by atoms with Gasteiger partial charge in [0.2, 0.25) is 0 Å². The van der Waals surface area contributed by atoms with E-state index < -0.39 is 0 Å². The molecule has 1 aromatic heterocycles. The van der Waals surface area contributed by atoms with E-state index in [2.05, 4.69) is 48.1 Å². The van der Waals surface area contributed by atoms with Crippen LogP contribution in [-0.2, 0) is 6.54 Å². The molecule has 1 heterocycles. The molecule has 0 atom stereocenters. The van der Waals surface area contributed by atoms with Gasteiger partial charge in [0.1, 0.15) is 0 Å². The Bertz CT molecular complexity index is 768. The van der Waals surface area contributed by atoms with E-state index in [1.54, 1.807) is 0 Å². The van der Waals surface area contributed by atoms with Crippen molar-refractivity contribution in [1.29, 1.82) is 0 Å². The molecule has 0 saturated carbocycles. The Morgan fingerprint density at radius 1 is 0.909 bits per heavy atom. The van der Waals surface area contributed by atoms with Crippen LogP contribution in [0.25, 0.3) is 23.4 Å². The first-order valence-corrected chi connectivity index (χ1v) is 7.34. The average molecular weight is 286 g/mol. The zero-order chi connectivity index (χ0) is 15.2. The number of hydrogen-bond acceptors (Lipinski definition) is 1. The molecule has 0 fully saturated rings. The number of benzene rings is 2. The van der Waals surface area contributed by atoms with Crippen LogP contribution in [0.5, 0.6) is 0 Å². The summed E-state index contributed by atoms with van der Waals surface area (Å²) >= 11 is 0. The third-order valence-electron chi connectivity index (χ3n) is 3.42. The predicted octanol–water partition coefficient (Wildman–Crippen LogP) is 4.91. The van der Waals surface area contributed by atoms with Crippen molar-refractivity contribution >= 4 is 12.2 Å². The van der Waals surface area contributed by atoms with Gasteiger partial charge in [-0.15, -0.1) is 6.58 Å². The fourth-order valence-corrected chi connectivity index (χ4v) is 2.37. The lowest BCUT2D eigenvalue weighted by Gasteiger charge is -2.03. The second kappa shape index (κ2) is 6.72. The van der Waals surface area contributed by atoms with Gasteiger partial charge in [0.15, 0.2) is 0 Å². The van der Waals surface area contributed by atoms with E-state index in [4.69, 9.17) is 0 Å². The summed E-state index contributed by atoms with van der Waals surface area (Å²) < 4.78 is 1.98. The predicted molar refractivity (Wildman–Crippen MR) is 93.2 cm³/mol. The highest BCUT2D eigenvalue weighted by atomic mass is 15.3. The molecule has 0 saturated heterocycles. The molecule has 2 heteroatoms. The third kappa shape index (κ3) is 3.23. The van der Waals surface area contributed by atoms with Crippen LogP contribution in [0.2, 0.25) is 0 Å². The van der Waals surface area contributed by atoms with Crippen LogP contribution in [-0.4, -0.2) is 9.78 Å². The quantitative estimate of drug-likeness (QED) is 0.610. The number of nitrogens with zero attached hydrogens (tertiary/aromatic N) is 2. The van der Waals surface area contributed by atoms with E-state index >= 15 is 0 Å². The molecule has 0 bridgehead atoms. The summed E-state index contributed by atoms with van der Waals surface area (Å²) in [5.41, 5.74) is 4.39. The van der Waals surface area contributed by atoms with Gasteiger partial charge in [-0.05, 0) is 23.3 Å². The van der Waals surface area contributed by atoms with Gasteiger partial charge in [-0.3, -0.25) is 4.68 Å². The molecule has 0 N–H and O–H groups in total. The summed E-state index contributed by atoms with van der Waals surface area (Å²) in [6, 6.07) is 22.7. The highest BCUT2D eigenvalue weighted by Crippen LogP contribution is 2.21. The molecule has 108 valence electrons. The maximum Gasteiger partial charge on any atom is 0.0857 e. The summed E-state index contributed by atoms with van der Waals surface area (Å²) in [6.07, 6.45) is 5.99. The molecular weight excluding hydrogens is 268 g/mol. The van der Waals surface area contributed by atoms with E-state index in [9.17, 15) is 0 Å². The van der Waals surface area contributed by atoms with Crippen LogP contribution in [0.1, 0.15) is 11.3 Å². The van der Waals surface area contributed by atoms with Crippen molar-refractivity contribution in [1.82, 2.24) is 9.78 Å². The molecule has 0 radical (unpaired) electrons. The van der Waals surface area contributed by atoms with Gasteiger partial charge in [-0.2, -0.15) is 5.10 Å². The minimum absolute atomic E-state index is 0.698. The molecule has 2 nitrogen and oxygen atoms in total. The lowest BCUT2D eigenvalue weighted by molar-refractivity contribution is 0.708. The topological polar surface area (TPSA) is 17.8 Å². The lowest BCUT2D eigenvalue weighted by Crippen LogP contribution is -1.99. The Hall–Kier alpha value is -2.87. The highest BCUT2D eigenvalue weighted by Gasteiger charge is 2.07. The first-order chi connectivity index (χ1) is 10.9. The van der Waals surface area contributed by atoms with Crippen molar-refractivity contribution in [3.63, 3.8) is 0 Å². The van der Waals surface area contributed by atoms with Gasteiger partial charge < -0.3 is 0 Å². The van der Waals surface area contributed by atoms with Crippen molar-refractivity contribution in [2.75, 3.05) is 0 Å². The van der Waals surface area contributed by atoms with Crippen LogP contribution in [0.3, 0.4) is 0 Å². The van der Waals surface area contributed by atoms with Crippen molar-refractivity contribution in [3.8, 4) is 11.3 Å². The molecule has 22 heavy (non-hydrogen) atoms. The van der Waals surface area contributed by atoms with Gasteiger partial charge in [0.25, 0.3) is 0 Å². The first kappa shape index (κ1) is 14.1. The standard InChI is InChI=1S/C20H18N2/c1-2-15-22-20(18-11-7-4-8-12-18)16-19(21-22)14-13-17-9-5-3-6-10-17/h2-14,16H,1,15H2/b14-13+. The number of allylic oxidation sites excluding steroid dienone is 1. The Morgan fingerprint density at radius 3 is 2.27 bits per heavy atom. The van der Waals surface area contributed by atoms with Crippen LogP contribution >= 0.6 is 0 Å². The van der Waals surface area contributed by atoms with E-state index in [0.29, 0.717) is 6.54 Å². The molecule has 3 rings (SSSR count). The monoisotopic (exact) mass is 286 g/mol. The van der Waals surface area contributed by atoms with Crippen LogP contribution in [0.15, 0.2) is 79.4 Å². The molecule has 0 aliphatic carbocycles. The summed E-state index contributed by atoms with van der Waals surface area (Å²) in [5, 5.41) is 4.65. The van der Waals surface area contributed by atoms with Crippen molar-refractivity contribution in [3.05, 3.63) is 90.6 Å². The lowest BCUT2D eigenvalue weighted by atomic mass is 10.1. The zero-order valence-corrected chi connectivity index (χ0v) is 12.4. The fourth-order valence-electron chi connectivity index (χ4n) is 2.37. The van der Waals surface area contributed by atoms with E-state index in [-0.39, 0.29) is 0 Å². The zero-order valence-electron chi connectivity index (χ0n) is 12.4. The Kier molecular flexibility index (Phi) is 4.30. The molecule has 0 aliphatic heterocycles. The molecule has 2 aromatic carbocycles. The molecule has 0 unspecified atom stereocenters. The minimum Gasteiger partial charge on any atom is -0.260 e. The Morgan fingerprint density at radius 2 is 1.59 bits per heavy atom. The summed E-state index contributed by atoms with van der Waals surface area (Å²) in [5.74, 6) is 0. The summed E-state index contributed by atoms with van der Waals surface area (Å²) in [7, 11) is 0. The van der Waals surface area contributed by atoms with E-state index in [1.165, 1.54) is 5.56 Å². The molecule has 3 aromatic rings. The Balaban J connectivity index is 1.93. The Labute approximate surface area is 131 Å². The van der Waals surface area contributed by atoms with Crippen LogP contribution in [0.4, 0.5) is 0 Å². The van der Waals surface area contributed by atoms with Gasteiger partial charge >= 0.3 is 0 Å². The molecule has 0 amide bonds. The van der Waals surface area contributed by atoms with Crippen molar-refractivity contribution in [2.24, 2.45) is 0 Å². The van der Waals surface area contributed by atoms with Crippen LogP contribution < -0.4 is 0 Å². The van der Waals surface area contributed by atoms with Gasteiger partial charge in [0.05, 0.1) is 17.9 Å². The second-order valence-corrected chi connectivity index (χ2v) is 5.04. The van der Waals surface area contributed by atoms with Crippen LogP contribution in [0, 0.1) is 0 Å². The molecular formula is C20H18N2. The van der Waals surface area contributed by atoms with E-state index in [0.717, 1.165) is 17.0 Å². The number of rotatable bonds is 5. The SMILES string of the molecule is C=CCn1nc(/C=C/c2ccccc2)cc1-c1ccccc1. The fraction of sp³-hybridized carbons (Fsp3) is 0.0500. The summed E-state index contributed by atoms with van der Waals surface area (Å²) in [4.78, 5) is 0. The smallest absolute Gasteiger partial charge is 0.0857 e. The third-order valence-corrected chi connectivity index (χ3v) is 3.42. The minimum atomic E-state index is 0.698. The van der Waals surface area contributed by atoms with Gasteiger partial charge in [-0.1, -0.05) is 72.8 Å². The molecule has 0 spiro atoms. The highest BCUT2D eigenvalue weighted by molar-refractivity contribution is 5.71. The maximum absolute atomic E-state index is 4.65. The van der Waals surface area contributed by atoms with Gasteiger partial charge in [0, 0.05) is 0 Å². The van der Waals surface area contributed by atoms with Crippen molar-refractivity contribution < 1.29 is 0 Å². The summed E-state index contributed by atoms with van der Waals surface area (Å²) in [6.45, 7) is 4.51. The first-order valence-electron chi connectivity index (χ1n) is 7.34. The normalized spacial score (nSPS) is 10.9.